The van der Waals surface area contributed by atoms with E-state index >= 15 is 0 Å². The molecule has 2 heterocycles. The first-order valence-corrected chi connectivity index (χ1v) is 8.03. The highest BCUT2D eigenvalue weighted by atomic mass is 32.1. The standard InChI is InChI=1S/C18H16N4OS/c1-10-11(2)19-13-7-5-8-14(16(10)13)22-17(20-21-18(22)24)12-6-3-4-9-15(12)23/h3-9,19,23H,1-2H3,(H,21,24). The number of hydrogen-bond acceptors (Lipinski definition) is 3. The van der Waals surface area contributed by atoms with Crippen LogP contribution in [0.2, 0.25) is 0 Å². The Hall–Kier alpha value is -2.86. The molecule has 0 aliphatic carbocycles. The van der Waals surface area contributed by atoms with Crippen molar-refractivity contribution >= 4 is 23.1 Å². The van der Waals surface area contributed by atoms with Crippen molar-refractivity contribution in [2.45, 2.75) is 13.8 Å². The van der Waals surface area contributed by atoms with Gasteiger partial charge in [-0.25, -0.2) is 0 Å². The van der Waals surface area contributed by atoms with Crippen LogP contribution >= 0.6 is 12.2 Å². The fourth-order valence-electron chi connectivity index (χ4n) is 3.07. The largest absolute Gasteiger partial charge is 0.507 e. The summed E-state index contributed by atoms with van der Waals surface area (Å²) in [6.07, 6.45) is 0. The summed E-state index contributed by atoms with van der Waals surface area (Å²) in [7, 11) is 0. The molecule has 2 aromatic heterocycles. The van der Waals surface area contributed by atoms with E-state index in [1.807, 2.05) is 34.9 Å². The van der Waals surface area contributed by atoms with Crippen molar-refractivity contribution < 1.29 is 5.11 Å². The summed E-state index contributed by atoms with van der Waals surface area (Å²) in [6, 6.07) is 13.2. The van der Waals surface area contributed by atoms with E-state index < -0.39 is 0 Å². The number of aromatic amines is 2. The van der Waals surface area contributed by atoms with Crippen LogP contribution in [0.15, 0.2) is 42.5 Å². The number of phenols is 1. The summed E-state index contributed by atoms with van der Waals surface area (Å²) in [5.74, 6) is 0.755. The number of aromatic hydroxyl groups is 1. The van der Waals surface area contributed by atoms with Crippen LogP contribution < -0.4 is 0 Å². The van der Waals surface area contributed by atoms with Gasteiger partial charge in [-0.2, -0.15) is 5.10 Å². The number of phenolic OH excluding ortho intramolecular Hbond substituents is 1. The topological polar surface area (TPSA) is 69.6 Å². The first-order chi connectivity index (χ1) is 11.6. The van der Waals surface area contributed by atoms with Crippen molar-refractivity contribution in [3.63, 3.8) is 0 Å². The first kappa shape index (κ1) is 14.7. The summed E-state index contributed by atoms with van der Waals surface area (Å²) < 4.78 is 2.35. The Morgan fingerprint density at radius 2 is 1.88 bits per heavy atom. The molecule has 0 spiro atoms. The van der Waals surface area contributed by atoms with Crippen LogP contribution in [-0.4, -0.2) is 24.9 Å². The van der Waals surface area contributed by atoms with Crippen molar-refractivity contribution in [1.82, 2.24) is 19.7 Å². The molecule has 0 aliphatic heterocycles. The predicted molar refractivity (Wildman–Crippen MR) is 97.2 cm³/mol. The van der Waals surface area contributed by atoms with Gasteiger partial charge in [0.05, 0.1) is 11.3 Å². The molecule has 5 nitrogen and oxygen atoms in total. The third-order valence-electron chi connectivity index (χ3n) is 4.36. The minimum atomic E-state index is 0.168. The van der Waals surface area contributed by atoms with Crippen LogP contribution in [0.5, 0.6) is 5.75 Å². The lowest BCUT2D eigenvalue weighted by Crippen LogP contribution is -1.99. The Balaban J connectivity index is 2.08. The van der Waals surface area contributed by atoms with Gasteiger partial charge in [-0.3, -0.25) is 9.67 Å². The van der Waals surface area contributed by atoms with Crippen molar-refractivity contribution in [2.24, 2.45) is 0 Å². The summed E-state index contributed by atoms with van der Waals surface area (Å²) in [5.41, 5.74) is 4.91. The number of fused-ring (bicyclic) bond motifs is 1. The van der Waals surface area contributed by atoms with Crippen LogP contribution in [0, 0.1) is 18.6 Å². The summed E-state index contributed by atoms with van der Waals surface area (Å²) in [4.78, 5) is 3.39. The molecule has 0 unspecified atom stereocenters. The van der Waals surface area contributed by atoms with E-state index in [4.69, 9.17) is 12.2 Å². The summed E-state index contributed by atoms with van der Waals surface area (Å²) in [5, 5.41) is 18.5. The molecule has 0 saturated heterocycles. The molecule has 3 N–H and O–H groups in total. The maximum atomic E-state index is 10.2. The molecule has 2 aromatic carbocycles. The maximum absolute atomic E-state index is 10.2. The van der Waals surface area contributed by atoms with Gasteiger partial charge < -0.3 is 10.1 Å². The third-order valence-corrected chi connectivity index (χ3v) is 4.63. The Bertz CT molecular complexity index is 1120. The second kappa shape index (κ2) is 5.35. The number of aryl methyl sites for hydroxylation is 2. The van der Waals surface area contributed by atoms with Crippen molar-refractivity contribution in [3.8, 4) is 22.8 Å². The number of nitrogens with one attached hydrogen (secondary N) is 2. The van der Waals surface area contributed by atoms with E-state index in [1.165, 1.54) is 5.56 Å². The highest BCUT2D eigenvalue weighted by molar-refractivity contribution is 7.71. The average molecular weight is 336 g/mol. The zero-order valence-electron chi connectivity index (χ0n) is 13.3. The molecule has 24 heavy (non-hydrogen) atoms. The van der Waals surface area contributed by atoms with Crippen molar-refractivity contribution in [3.05, 3.63) is 58.5 Å². The number of nitrogens with zero attached hydrogens (tertiary/aromatic N) is 2. The molecule has 6 heteroatoms. The lowest BCUT2D eigenvalue weighted by molar-refractivity contribution is 0.476. The lowest BCUT2D eigenvalue weighted by atomic mass is 10.1. The van der Waals surface area contributed by atoms with Gasteiger partial charge in [0.2, 0.25) is 0 Å². The molecule has 0 fully saturated rings. The average Bonchev–Trinajstić information content (AvgIpc) is 3.08. The van der Waals surface area contributed by atoms with Crippen molar-refractivity contribution in [1.29, 1.82) is 0 Å². The van der Waals surface area contributed by atoms with Crippen LogP contribution in [0.3, 0.4) is 0 Å². The summed E-state index contributed by atoms with van der Waals surface area (Å²) >= 11 is 5.46. The molecule has 0 saturated carbocycles. The van der Waals surface area contributed by atoms with E-state index in [2.05, 4.69) is 29.0 Å². The Morgan fingerprint density at radius 3 is 2.67 bits per heavy atom. The van der Waals surface area contributed by atoms with E-state index in [0.29, 0.717) is 16.2 Å². The minimum Gasteiger partial charge on any atom is -0.507 e. The van der Waals surface area contributed by atoms with Gasteiger partial charge in [-0.15, -0.1) is 0 Å². The van der Waals surface area contributed by atoms with Gasteiger partial charge in [0, 0.05) is 16.6 Å². The Kier molecular flexibility index (Phi) is 3.28. The number of benzene rings is 2. The highest BCUT2D eigenvalue weighted by Gasteiger charge is 2.17. The molecule has 0 bridgehead atoms. The summed E-state index contributed by atoms with van der Waals surface area (Å²) in [6.45, 7) is 4.14. The first-order valence-electron chi connectivity index (χ1n) is 7.62. The normalized spacial score (nSPS) is 11.2. The minimum absolute atomic E-state index is 0.168. The monoisotopic (exact) mass is 336 g/mol. The van der Waals surface area contributed by atoms with Crippen LogP contribution in [0.25, 0.3) is 28.0 Å². The van der Waals surface area contributed by atoms with Gasteiger partial charge in [0.1, 0.15) is 5.75 Å². The van der Waals surface area contributed by atoms with Crippen LogP contribution in [0.4, 0.5) is 0 Å². The van der Waals surface area contributed by atoms with E-state index in [0.717, 1.165) is 22.3 Å². The number of H-pyrrole nitrogens is 2. The van der Waals surface area contributed by atoms with Crippen LogP contribution in [0.1, 0.15) is 11.3 Å². The molecular formula is C18H16N4OS. The molecule has 4 rings (SSSR count). The Morgan fingerprint density at radius 1 is 1.08 bits per heavy atom. The van der Waals surface area contributed by atoms with Gasteiger partial charge in [0.15, 0.2) is 10.6 Å². The number of hydrogen-bond donors (Lipinski definition) is 3. The molecular weight excluding hydrogens is 320 g/mol. The van der Waals surface area contributed by atoms with Gasteiger partial charge in [-0.05, 0) is 55.9 Å². The lowest BCUT2D eigenvalue weighted by Gasteiger charge is -2.10. The fraction of sp³-hybridized carbons (Fsp3) is 0.111. The molecule has 0 atom stereocenters. The number of aromatic nitrogens is 4. The second-order valence-electron chi connectivity index (χ2n) is 5.78. The predicted octanol–water partition coefficient (Wildman–Crippen LogP) is 4.40. The quantitative estimate of drug-likeness (QED) is 0.475. The van der Waals surface area contributed by atoms with E-state index in [1.54, 1.807) is 12.1 Å². The van der Waals surface area contributed by atoms with E-state index in [-0.39, 0.29) is 5.75 Å². The number of rotatable bonds is 2. The second-order valence-corrected chi connectivity index (χ2v) is 6.17. The van der Waals surface area contributed by atoms with Gasteiger partial charge in [0.25, 0.3) is 0 Å². The molecule has 0 amide bonds. The number of para-hydroxylation sites is 1. The highest BCUT2D eigenvalue weighted by Crippen LogP contribution is 2.33. The third kappa shape index (κ3) is 2.07. The molecule has 4 aromatic rings. The molecule has 0 radical (unpaired) electrons. The molecule has 120 valence electrons. The SMILES string of the molecule is Cc1[nH]c2cccc(-n3c(-c4ccccc4O)n[nH]c3=S)c2c1C. The zero-order chi connectivity index (χ0) is 16.8. The van der Waals surface area contributed by atoms with Crippen molar-refractivity contribution in [2.75, 3.05) is 0 Å². The van der Waals surface area contributed by atoms with E-state index in [9.17, 15) is 5.11 Å². The van der Waals surface area contributed by atoms with Crippen LogP contribution in [-0.2, 0) is 0 Å². The Labute approximate surface area is 143 Å². The zero-order valence-corrected chi connectivity index (χ0v) is 14.1. The van der Waals surface area contributed by atoms with Gasteiger partial charge in [-0.1, -0.05) is 18.2 Å². The fourth-order valence-corrected chi connectivity index (χ4v) is 3.30. The maximum Gasteiger partial charge on any atom is 0.200 e. The molecule has 0 aliphatic rings. The van der Waals surface area contributed by atoms with Gasteiger partial charge >= 0.3 is 0 Å². The smallest absolute Gasteiger partial charge is 0.200 e.